The van der Waals surface area contributed by atoms with Gasteiger partial charge in [-0.1, -0.05) is 28.4 Å². The fourth-order valence-corrected chi connectivity index (χ4v) is 2.88. The molecule has 0 aromatic heterocycles. The lowest BCUT2D eigenvalue weighted by molar-refractivity contribution is 0.264. The third kappa shape index (κ3) is 2.50. The summed E-state index contributed by atoms with van der Waals surface area (Å²) in [6, 6.07) is 7.67. The second kappa shape index (κ2) is 4.51. The average molecular weight is 223 g/mol. The zero-order chi connectivity index (χ0) is 10.8. The molecule has 82 valence electrons. The van der Waals surface area contributed by atoms with E-state index in [1.165, 1.54) is 12.0 Å². The number of phenols is 1. The van der Waals surface area contributed by atoms with Crippen LogP contribution < -0.4 is 0 Å². The van der Waals surface area contributed by atoms with Crippen LogP contribution in [0.4, 0.5) is 0 Å². The van der Waals surface area contributed by atoms with E-state index in [-0.39, 0.29) is 0 Å². The van der Waals surface area contributed by atoms with Gasteiger partial charge in [0.1, 0.15) is 5.75 Å². The van der Waals surface area contributed by atoms with Gasteiger partial charge < -0.3 is 5.11 Å². The Bertz CT molecular complexity index is 325. The van der Waals surface area contributed by atoms with E-state index < -0.39 is 0 Å². The zero-order valence-electron chi connectivity index (χ0n) is 9.06. The first-order chi connectivity index (χ1) is 7.16. The van der Waals surface area contributed by atoms with Gasteiger partial charge in [-0.2, -0.15) is 0 Å². The number of phenolic OH excluding ortho intramolecular Hbond substituents is 1. The molecule has 3 atom stereocenters. The second-order valence-electron chi connectivity index (χ2n) is 4.46. The fraction of sp³-hybridized carbons (Fsp3) is 0.500. The molecular weight excluding hydrogens is 205 g/mol. The zero-order valence-corrected chi connectivity index (χ0v) is 10.2. The van der Waals surface area contributed by atoms with E-state index in [1.54, 1.807) is 12.1 Å². The molecule has 2 unspecified atom stereocenters. The summed E-state index contributed by atoms with van der Waals surface area (Å²) in [7, 11) is 2.78. The van der Waals surface area contributed by atoms with E-state index in [1.807, 2.05) is 0 Å². The van der Waals surface area contributed by atoms with E-state index in [0.717, 1.165) is 13.1 Å². The lowest BCUT2D eigenvalue weighted by Gasteiger charge is -2.34. The van der Waals surface area contributed by atoms with Gasteiger partial charge in [0.15, 0.2) is 0 Å². The Morgan fingerprint density at radius 3 is 2.60 bits per heavy atom. The van der Waals surface area contributed by atoms with E-state index in [4.69, 9.17) is 0 Å². The summed E-state index contributed by atoms with van der Waals surface area (Å²) in [5.74, 6) is 1.68. The minimum Gasteiger partial charge on any atom is -0.508 e. The Balaban J connectivity index is 2.13. The predicted molar refractivity (Wildman–Crippen MR) is 65.9 cm³/mol. The highest BCUT2D eigenvalue weighted by atomic mass is 31.0. The summed E-state index contributed by atoms with van der Waals surface area (Å²) in [4.78, 5) is 0. The molecule has 1 aliphatic heterocycles. The molecule has 1 N–H and O–H groups in total. The highest BCUT2D eigenvalue weighted by molar-refractivity contribution is 7.13. The van der Waals surface area contributed by atoms with Crippen LogP contribution in [-0.4, -0.2) is 22.9 Å². The van der Waals surface area contributed by atoms with Crippen LogP contribution in [0.5, 0.6) is 5.75 Å². The SMILES string of the molecule is C[C@@H]1CN(P)CCC1c1ccc(O)cc1. The van der Waals surface area contributed by atoms with Gasteiger partial charge in [-0.3, -0.25) is 4.67 Å². The van der Waals surface area contributed by atoms with Crippen LogP contribution in [0.25, 0.3) is 0 Å². The monoisotopic (exact) mass is 223 g/mol. The van der Waals surface area contributed by atoms with Crippen molar-refractivity contribution < 1.29 is 5.11 Å². The Morgan fingerprint density at radius 2 is 2.00 bits per heavy atom. The van der Waals surface area contributed by atoms with Crippen molar-refractivity contribution in [3.05, 3.63) is 29.8 Å². The summed E-state index contributed by atoms with van der Waals surface area (Å²) in [6.07, 6.45) is 1.20. The molecule has 2 nitrogen and oxygen atoms in total. The molecule has 1 aliphatic rings. The molecule has 1 fully saturated rings. The number of benzene rings is 1. The minimum atomic E-state index is 0.356. The number of hydrogen-bond acceptors (Lipinski definition) is 2. The number of nitrogens with zero attached hydrogens (tertiary/aromatic N) is 1. The van der Waals surface area contributed by atoms with Gasteiger partial charge in [-0.15, -0.1) is 0 Å². The second-order valence-corrected chi connectivity index (χ2v) is 5.19. The van der Waals surface area contributed by atoms with Crippen LogP contribution in [-0.2, 0) is 0 Å². The van der Waals surface area contributed by atoms with Crippen LogP contribution in [0, 0.1) is 5.92 Å². The highest BCUT2D eigenvalue weighted by Crippen LogP contribution is 2.34. The molecular formula is C12H18NOP. The molecule has 2 rings (SSSR count). The lowest BCUT2D eigenvalue weighted by atomic mass is 9.82. The van der Waals surface area contributed by atoms with Gasteiger partial charge in [0.25, 0.3) is 0 Å². The van der Waals surface area contributed by atoms with Crippen molar-refractivity contribution in [2.45, 2.75) is 19.3 Å². The Labute approximate surface area is 93.6 Å². The Hall–Kier alpha value is -0.590. The molecule has 0 aliphatic carbocycles. The van der Waals surface area contributed by atoms with E-state index in [9.17, 15) is 5.11 Å². The van der Waals surface area contributed by atoms with E-state index in [2.05, 4.69) is 33.1 Å². The largest absolute Gasteiger partial charge is 0.508 e. The molecule has 3 heteroatoms. The highest BCUT2D eigenvalue weighted by Gasteiger charge is 2.25. The van der Waals surface area contributed by atoms with Gasteiger partial charge in [0.05, 0.1) is 0 Å². The van der Waals surface area contributed by atoms with Crippen molar-refractivity contribution >= 4 is 9.39 Å². The summed E-state index contributed by atoms with van der Waals surface area (Å²) in [5, 5.41) is 9.25. The molecule has 1 aromatic rings. The topological polar surface area (TPSA) is 23.5 Å². The van der Waals surface area contributed by atoms with Gasteiger partial charge in [0.2, 0.25) is 0 Å². The Morgan fingerprint density at radius 1 is 1.33 bits per heavy atom. The number of rotatable bonds is 1. The van der Waals surface area contributed by atoms with Gasteiger partial charge in [-0.25, -0.2) is 0 Å². The van der Waals surface area contributed by atoms with Crippen molar-refractivity contribution in [3.8, 4) is 5.75 Å². The van der Waals surface area contributed by atoms with Crippen molar-refractivity contribution in [2.75, 3.05) is 13.1 Å². The van der Waals surface area contributed by atoms with Crippen LogP contribution in [0.15, 0.2) is 24.3 Å². The van der Waals surface area contributed by atoms with Gasteiger partial charge in [0, 0.05) is 13.1 Å². The maximum Gasteiger partial charge on any atom is 0.115 e. The molecule has 1 saturated heterocycles. The summed E-state index contributed by atoms with van der Waals surface area (Å²) in [5.41, 5.74) is 1.36. The lowest BCUT2D eigenvalue weighted by Crippen LogP contribution is -2.32. The molecule has 1 aromatic carbocycles. The quantitative estimate of drug-likeness (QED) is 0.740. The molecule has 0 spiro atoms. The molecule has 1 heterocycles. The first kappa shape index (κ1) is 10.9. The predicted octanol–water partition coefficient (Wildman–Crippen LogP) is 2.61. The van der Waals surface area contributed by atoms with E-state index >= 15 is 0 Å². The summed E-state index contributed by atoms with van der Waals surface area (Å²) < 4.78 is 2.31. The first-order valence-electron chi connectivity index (χ1n) is 5.45. The Kier molecular flexibility index (Phi) is 3.28. The maximum atomic E-state index is 9.25. The van der Waals surface area contributed by atoms with Crippen molar-refractivity contribution in [2.24, 2.45) is 5.92 Å². The molecule has 0 bridgehead atoms. The van der Waals surface area contributed by atoms with Crippen molar-refractivity contribution in [1.29, 1.82) is 0 Å². The van der Waals surface area contributed by atoms with Crippen LogP contribution >= 0.6 is 9.39 Å². The number of hydrogen-bond donors (Lipinski definition) is 1. The van der Waals surface area contributed by atoms with Gasteiger partial charge >= 0.3 is 0 Å². The van der Waals surface area contributed by atoms with Crippen molar-refractivity contribution in [3.63, 3.8) is 0 Å². The summed E-state index contributed by atoms with van der Waals surface area (Å²) >= 11 is 0. The number of aromatic hydroxyl groups is 1. The fourth-order valence-electron chi connectivity index (χ4n) is 2.39. The molecule has 0 amide bonds. The van der Waals surface area contributed by atoms with Gasteiger partial charge in [-0.05, 0) is 36.0 Å². The van der Waals surface area contributed by atoms with Crippen LogP contribution in [0.2, 0.25) is 0 Å². The van der Waals surface area contributed by atoms with Crippen molar-refractivity contribution in [1.82, 2.24) is 4.67 Å². The third-order valence-corrected chi connectivity index (χ3v) is 3.73. The standard InChI is InChI=1S/C12H18NOP/c1-9-8-13(15)7-6-12(9)10-2-4-11(14)5-3-10/h2-5,9,12,14H,6-8,15H2,1H3/t9-,12?/m1/s1. The smallest absolute Gasteiger partial charge is 0.115 e. The van der Waals surface area contributed by atoms with Crippen LogP contribution in [0.1, 0.15) is 24.8 Å². The van der Waals surface area contributed by atoms with Crippen LogP contribution in [0.3, 0.4) is 0 Å². The van der Waals surface area contributed by atoms with E-state index in [0.29, 0.717) is 17.6 Å². The maximum absolute atomic E-state index is 9.25. The third-order valence-electron chi connectivity index (χ3n) is 3.26. The number of piperidine rings is 1. The molecule has 0 saturated carbocycles. The molecule has 0 radical (unpaired) electrons. The molecule has 15 heavy (non-hydrogen) atoms. The minimum absolute atomic E-state index is 0.356. The summed E-state index contributed by atoms with van der Waals surface area (Å²) in [6.45, 7) is 4.57. The average Bonchev–Trinajstić information content (AvgIpc) is 2.20. The first-order valence-corrected chi connectivity index (χ1v) is 5.97. The normalized spacial score (nSPS) is 27.9.